The van der Waals surface area contributed by atoms with Crippen LogP contribution in [0.15, 0.2) is 30.3 Å². The van der Waals surface area contributed by atoms with Gasteiger partial charge in [-0.3, -0.25) is 9.36 Å². The van der Waals surface area contributed by atoms with E-state index in [1.165, 1.54) is 14.2 Å². The molecule has 1 aliphatic heterocycles. The van der Waals surface area contributed by atoms with Gasteiger partial charge >= 0.3 is 13.7 Å². The molecule has 0 N–H and O–H groups in total. The van der Waals surface area contributed by atoms with Crippen LogP contribution in [0.2, 0.25) is 0 Å². The smallest absolute Gasteiger partial charge is 0.417 e. The van der Waals surface area contributed by atoms with E-state index in [-0.39, 0.29) is 6.61 Å². The van der Waals surface area contributed by atoms with Gasteiger partial charge in [0.15, 0.2) is 0 Å². The van der Waals surface area contributed by atoms with Crippen molar-refractivity contribution in [2.75, 3.05) is 27.0 Å². The van der Waals surface area contributed by atoms with Gasteiger partial charge in [0.1, 0.15) is 18.8 Å². The van der Waals surface area contributed by atoms with E-state index < -0.39 is 31.8 Å². The van der Waals surface area contributed by atoms with Crippen molar-refractivity contribution in [3.05, 3.63) is 35.9 Å². The highest BCUT2D eigenvalue weighted by atomic mass is 31.2. The number of rotatable bonds is 5. The Hall–Kier alpha value is -1.69. The van der Waals surface area contributed by atoms with Crippen LogP contribution < -0.4 is 0 Å². The third-order valence-corrected chi connectivity index (χ3v) is 4.98. The Bertz CT molecular complexity index is 567. The summed E-state index contributed by atoms with van der Waals surface area (Å²) in [5.41, 5.74) is 0.765. The summed E-state index contributed by atoms with van der Waals surface area (Å²) in [6.07, 6.45) is -1.27. The summed E-state index contributed by atoms with van der Waals surface area (Å²) in [7, 11) is -1.16. The molecule has 0 aliphatic carbocycles. The predicted octanol–water partition coefficient (Wildman–Crippen LogP) is 2.19. The van der Waals surface area contributed by atoms with Crippen LogP contribution in [0.25, 0.3) is 0 Å². The van der Waals surface area contributed by atoms with E-state index in [1.54, 1.807) is 24.3 Å². The van der Waals surface area contributed by atoms with Crippen LogP contribution >= 0.6 is 7.60 Å². The molecule has 1 aromatic carbocycles. The lowest BCUT2D eigenvalue weighted by atomic mass is 10.1. The Morgan fingerprint density at radius 2 is 1.95 bits per heavy atom. The van der Waals surface area contributed by atoms with E-state index in [0.717, 1.165) is 10.5 Å². The molecule has 0 bridgehead atoms. The molecular weight excluding hydrogens is 297 g/mol. The number of amides is 2. The van der Waals surface area contributed by atoms with Gasteiger partial charge in [0, 0.05) is 14.2 Å². The number of benzene rings is 1. The number of cyclic esters (lactones) is 1. The minimum atomic E-state index is -3.53. The molecule has 0 saturated carbocycles. The maximum absolute atomic E-state index is 12.3. The second-order valence-electron chi connectivity index (χ2n) is 4.40. The maximum atomic E-state index is 12.3. The molecule has 1 atom stereocenters. The lowest BCUT2D eigenvalue weighted by molar-refractivity contribution is -0.126. The predicted molar refractivity (Wildman–Crippen MR) is 73.9 cm³/mol. The number of hydrogen-bond acceptors (Lipinski definition) is 6. The SMILES string of the molecule is COP(=O)(CC(=O)N1C(=O)OC[C@@H]1c1ccccc1)OC. The number of ether oxygens (including phenoxy) is 1. The Labute approximate surface area is 122 Å². The number of nitrogens with zero attached hydrogens (tertiary/aromatic N) is 1. The third kappa shape index (κ3) is 3.32. The van der Waals surface area contributed by atoms with E-state index >= 15 is 0 Å². The van der Waals surface area contributed by atoms with Crippen molar-refractivity contribution in [3.8, 4) is 0 Å². The van der Waals surface area contributed by atoms with Crippen LogP contribution in [-0.2, 0) is 23.1 Å². The molecule has 1 aliphatic rings. The van der Waals surface area contributed by atoms with Crippen molar-refractivity contribution < 1.29 is 27.9 Å². The normalized spacial score (nSPS) is 18.7. The van der Waals surface area contributed by atoms with Gasteiger partial charge in [0.05, 0.1) is 0 Å². The highest BCUT2D eigenvalue weighted by Crippen LogP contribution is 2.47. The van der Waals surface area contributed by atoms with Crippen LogP contribution in [0.4, 0.5) is 4.79 Å². The zero-order valence-electron chi connectivity index (χ0n) is 11.7. The fourth-order valence-corrected chi connectivity index (χ4v) is 2.95. The van der Waals surface area contributed by atoms with Crippen molar-refractivity contribution in [2.24, 2.45) is 0 Å². The molecule has 0 unspecified atom stereocenters. The van der Waals surface area contributed by atoms with Gasteiger partial charge in [-0.25, -0.2) is 9.69 Å². The van der Waals surface area contributed by atoms with E-state index in [9.17, 15) is 14.2 Å². The zero-order chi connectivity index (χ0) is 15.5. The van der Waals surface area contributed by atoms with E-state index in [2.05, 4.69) is 0 Å². The minimum Gasteiger partial charge on any atom is -0.446 e. The maximum Gasteiger partial charge on any atom is 0.417 e. The molecule has 1 saturated heterocycles. The van der Waals surface area contributed by atoms with Crippen LogP contribution in [0.5, 0.6) is 0 Å². The average Bonchev–Trinajstić information content (AvgIpc) is 2.90. The van der Waals surface area contributed by atoms with E-state index in [4.69, 9.17) is 13.8 Å². The molecule has 1 fully saturated rings. The minimum absolute atomic E-state index is 0.0683. The molecule has 2 amide bonds. The summed E-state index contributed by atoms with van der Waals surface area (Å²) in [5, 5.41) is 0. The fraction of sp³-hybridized carbons (Fsp3) is 0.385. The van der Waals surface area contributed by atoms with E-state index in [0.29, 0.717) is 0 Å². The largest absolute Gasteiger partial charge is 0.446 e. The molecule has 1 heterocycles. The van der Waals surface area contributed by atoms with Crippen LogP contribution in [0, 0.1) is 0 Å². The standard InChI is InChI=1S/C13H16NO6P/c1-18-21(17,19-2)9-12(15)14-11(8-20-13(14)16)10-6-4-3-5-7-10/h3-7,11H,8-9H2,1-2H3/t11-/m1/s1. The first kappa shape index (κ1) is 15.7. The van der Waals surface area contributed by atoms with Crippen LogP contribution in [-0.4, -0.2) is 43.9 Å². The topological polar surface area (TPSA) is 82.1 Å². The van der Waals surface area contributed by atoms with Crippen molar-refractivity contribution in [1.82, 2.24) is 4.90 Å². The Morgan fingerprint density at radius 3 is 2.52 bits per heavy atom. The number of carbonyl (C=O) groups excluding carboxylic acids is 2. The molecule has 0 aromatic heterocycles. The second kappa shape index (κ2) is 6.39. The fourth-order valence-electron chi connectivity index (χ4n) is 2.06. The first-order valence-corrected chi connectivity index (χ1v) is 7.98. The highest BCUT2D eigenvalue weighted by molar-refractivity contribution is 7.54. The molecule has 2 rings (SSSR count). The molecule has 1 aromatic rings. The lowest BCUT2D eigenvalue weighted by Gasteiger charge is -2.21. The quantitative estimate of drug-likeness (QED) is 0.775. The molecule has 0 radical (unpaired) electrons. The molecule has 7 nitrogen and oxygen atoms in total. The number of carbonyl (C=O) groups is 2. The lowest BCUT2D eigenvalue weighted by Crippen LogP contribution is -2.36. The molecule has 114 valence electrons. The zero-order valence-corrected chi connectivity index (χ0v) is 12.6. The van der Waals surface area contributed by atoms with Crippen molar-refractivity contribution in [3.63, 3.8) is 0 Å². The van der Waals surface area contributed by atoms with Crippen molar-refractivity contribution in [1.29, 1.82) is 0 Å². The molecular formula is C13H16NO6P. The monoisotopic (exact) mass is 313 g/mol. The van der Waals surface area contributed by atoms with E-state index in [1.807, 2.05) is 6.07 Å². The Balaban J connectivity index is 2.21. The van der Waals surface area contributed by atoms with Gasteiger partial charge in [-0.1, -0.05) is 30.3 Å². The molecule has 21 heavy (non-hydrogen) atoms. The van der Waals surface area contributed by atoms with Gasteiger partial charge in [-0.2, -0.15) is 0 Å². The summed E-state index contributed by atoms with van der Waals surface area (Å²) in [4.78, 5) is 25.0. The Morgan fingerprint density at radius 1 is 1.33 bits per heavy atom. The summed E-state index contributed by atoms with van der Waals surface area (Å²) in [5.74, 6) is -0.654. The summed E-state index contributed by atoms with van der Waals surface area (Å²) in [6.45, 7) is 0.0683. The van der Waals surface area contributed by atoms with Gasteiger partial charge in [-0.05, 0) is 5.56 Å². The number of imide groups is 1. The summed E-state index contributed by atoms with van der Waals surface area (Å²) in [6, 6.07) is 8.48. The average molecular weight is 313 g/mol. The van der Waals surface area contributed by atoms with Crippen molar-refractivity contribution in [2.45, 2.75) is 6.04 Å². The summed E-state index contributed by atoms with van der Waals surface area (Å²) < 4.78 is 26.4. The molecule has 8 heteroatoms. The van der Waals surface area contributed by atoms with Gasteiger partial charge in [-0.15, -0.1) is 0 Å². The highest BCUT2D eigenvalue weighted by Gasteiger charge is 2.41. The summed E-state index contributed by atoms with van der Waals surface area (Å²) >= 11 is 0. The van der Waals surface area contributed by atoms with Crippen LogP contribution in [0.3, 0.4) is 0 Å². The molecule has 0 spiro atoms. The van der Waals surface area contributed by atoms with Crippen molar-refractivity contribution >= 4 is 19.6 Å². The first-order valence-electron chi connectivity index (χ1n) is 6.25. The first-order chi connectivity index (χ1) is 10.0. The Kier molecular flexibility index (Phi) is 4.77. The third-order valence-electron chi connectivity index (χ3n) is 3.21. The van der Waals surface area contributed by atoms with Gasteiger partial charge < -0.3 is 13.8 Å². The second-order valence-corrected chi connectivity index (χ2v) is 6.67. The van der Waals surface area contributed by atoms with Gasteiger partial charge in [0.2, 0.25) is 5.91 Å². The van der Waals surface area contributed by atoms with Crippen LogP contribution in [0.1, 0.15) is 11.6 Å². The number of hydrogen-bond donors (Lipinski definition) is 0. The van der Waals surface area contributed by atoms with Gasteiger partial charge in [0.25, 0.3) is 0 Å².